The van der Waals surface area contributed by atoms with Crippen LogP contribution in [-0.2, 0) is 9.59 Å². The molecule has 0 spiro atoms. The summed E-state index contributed by atoms with van der Waals surface area (Å²) in [5.41, 5.74) is 0.791. The fourth-order valence-electron chi connectivity index (χ4n) is 1.60. The second-order valence-electron chi connectivity index (χ2n) is 3.40. The van der Waals surface area contributed by atoms with Crippen molar-refractivity contribution in [2.24, 2.45) is 0 Å². The molecule has 1 aliphatic heterocycles. The van der Waals surface area contributed by atoms with E-state index in [0.717, 1.165) is 14.5 Å². The van der Waals surface area contributed by atoms with Crippen LogP contribution in [-0.4, -0.2) is 16.6 Å². The number of amides is 2. The summed E-state index contributed by atoms with van der Waals surface area (Å²) in [5.74, 6) is -1.05. The smallest absolute Gasteiger partial charge is 0.241 e. The van der Waals surface area contributed by atoms with Crippen molar-refractivity contribution in [2.45, 2.75) is 10.7 Å². The second kappa shape index (κ2) is 4.58. The number of imide groups is 1. The van der Waals surface area contributed by atoms with Crippen LogP contribution in [0.15, 0.2) is 27.1 Å². The molecule has 1 saturated heterocycles. The van der Waals surface area contributed by atoms with Crippen LogP contribution >= 0.6 is 47.8 Å². The molecule has 2 amide bonds. The molecule has 0 aromatic heterocycles. The van der Waals surface area contributed by atoms with Crippen LogP contribution in [0.2, 0.25) is 0 Å². The number of alkyl halides is 1. The lowest BCUT2D eigenvalue weighted by atomic mass is 9.98. The molecular formula is C10H6Br3NO2. The van der Waals surface area contributed by atoms with Crippen molar-refractivity contribution in [3.63, 3.8) is 0 Å². The Morgan fingerprint density at radius 2 is 1.81 bits per heavy atom. The fourth-order valence-corrected chi connectivity index (χ4v) is 3.12. The number of carbonyl (C=O) groups is 2. The number of hydrogen-bond donors (Lipinski definition) is 1. The van der Waals surface area contributed by atoms with Crippen molar-refractivity contribution in [2.75, 3.05) is 0 Å². The van der Waals surface area contributed by atoms with E-state index in [1.165, 1.54) is 0 Å². The molecule has 0 radical (unpaired) electrons. The molecule has 0 bridgehead atoms. The maximum atomic E-state index is 11.7. The summed E-state index contributed by atoms with van der Waals surface area (Å²) >= 11 is 9.96. The molecule has 1 aromatic carbocycles. The largest absolute Gasteiger partial charge is 0.295 e. The SMILES string of the molecule is O=C1NC(=O)C(c2cc(Br)ccc2Br)C1Br. The molecule has 1 N–H and O–H groups in total. The number of benzene rings is 1. The van der Waals surface area contributed by atoms with Gasteiger partial charge >= 0.3 is 0 Å². The Morgan fingerprint density at radius 3 is 2.38 bits per heavy atom. The zero-order valence-electron chi connectivity index (χ0n) is 7.84. The van der Waals surface area contributed by atoms with Crippen LogP contribution in [0.25, 0.3) is 0 Å². The molecule has 2 rings (SSSR count). The van der Waals surface area contributed by atoms with Gasteiger partial charge in [0.1, 0.15) is 4.83 Å². The van der Waals surface area contributed by atoms with E-state index in [1.807, 2.05) is 18.2 Å². The summed E-state index contributed by atoms with van der Waals surface area (Å²) in [6, 6.07) is 5.54. The summed E-state index contributed by atoms with van der Waals surface area (Å²) in [6.45, 7) is 0. The van der Waals surface area contributed by atoms with Gasteiger partial charge in [-0.05, 0) is 23.8 Å². The summed E-state index contributed by atoms with van der Waals surface area (Å²) in [6.07, 6.45) is 0. The van der Waals surface area contributed by atoms with E-state index in [-0.39, 0.29) is 11.8 Å². The maximum Gasteiger partial charge on any atom is 0.241 e. The van der Waals surface area contributed by atoms with Crippen molar-refractivity contribution in [3.8, 4) is 0 Å². The molecule has 84 valence electrons. The van der Waals surface area contributed by atoms with Gasteiger partial charge in [0.15, 0.2) is 0 Å². The van der Waals surface area contributed by atoms with Crippen molar-refractivity contribution < 1.29 is 9.59 Å². The van der Waals surface area contributed by atoms with Gasteiger partial charge in [-0.3, -0.25) is 14.9 Å². The molecular weight excluding hydrogens is 406 g/mol. The average Bonchev–Trinajstić information content (AvgIpc) is 2.46. The Kier molecular flexibility index (Phi) is 3.51. The number of halogens is 3. The van der Waals surface area contributed by atoms with Crippen LogP contribution in [0, 0.1) is 0 Å². The maximum absolute atomic E-state index is 11.7. The van der Waals surface area contributed by atoms with E-state index in [0.29, 0.717) is 0 Å². The Labute approximate surface area is 117 Å². The third-order valence-corrected chi connectivity index (χ3v) is 4.53. The minimum absolute atomic E-state index is 0.273. The fraction of sp³-hybridized carbons (Fsp3) is 0.200. The minimum Gasteiger partial charge on any atom is -0.295 e. The van der Waals surface area contributed by atoms with Crippen LogP contribution < -0.4 is 5.32 Å². The Hall–Kier alpha value is -0.200. The minimum atomic E-state index is -0.509. The standard InChI is InChI=1S/C10H6Br3NO2/c11-4-1-2-6(12)5(3-4)7-8(13)10(16)14-9(7)15/h1-3,7-8H,(H,14,15,16). The summed E-state index contributed by atoms with van der Waals surface area (Å²) in [7, 11) is 0. The summed E-state index contributed by atoms with van der Waals surface area (Å²) in [4.78, 5) is 22.5. The van der Waals surface area contributed by atoms with Crippen LogP contribution in [0.3, 0.4) is 0 Å². The molecule has 1 heterocycles. The third kappa shape index (κ3) is 2.10. The van der Waals surface area contributed by atoms with Gasteiger partial charge in [-0.25, -0.2) is 0 Å². The highest BCUT2D eigenvalue weighted by Gasteiger charge is 2.41. The highest BCUT2D eigenvalue weighted by Crippen LogP contribution is 2.35. The topological polar surface area (TPSA) is 46.2 Å². The van der Waals surface area contributed by atoms with Gasteiger partial charge in [-0.2, -0.15) is 0 Å². The van der Waals surface area contributed by atoms with Crippen molar-refractivity contribution >= 4 is 59.6 Å². The number of carbonyl (C=O) groups excluding carboxylic acids is 2. The lowest BCUT2D eigenvalue weighted by molar-refractivity contribution is -0.125. The predicted octanol–water partition coefficient (Wildman–Crippen LogP) is 2.72. The molecule has 0 aliphatic carbocycles. The molecule has 2 atom stereocenters. The number of hydrogen-bond acceptors (Lipinski definition) is 2. The Balaban J connectivity index is 2.48. The van der Waals surface area contributed by atoms with Crippen molar-refractivity contribution in [1.29, 1.82) is 0 Å². The predicted molar refractivity (Wildman–Crippen MR) is 70.4 cm³/mol. The number of nitrogens with one attached hydrogen (secondary N) is 1. The van der Waals surface area contributed by atoms with Gasteiger partial charge in [0.2, 0.25) is 11.8 Å². The monoisotopic (exact) mass is 409 g/mol. The van der Waals surface area contributed by atoms with E-state index in [4.69, 9.17) is 0 Å². The molecule has 3 nitrogen and oxygen atoms in total. The second-order valence-corrected chi connectivity index (χ2v) is 6.16. The van der Waals surface area contributed by atoms with Crippen molar-refractivity contribution in [3.05, 3.63) is 32.7 Å². The van der Waals surface area contributed by atoms with Gasteiger partial charge in [0.05, 0.1) is 5.92 Å². The highest BCUT2D eigenvalue weighted by atomic mass is 79.9. The Bertz CT molecular complexity index is 475. The molecule has 16 heavy (non-hydrogen) atoms. The third-order valence-electron chi connectivity index (χ3n) is 2.37. The Morgan fingerprint density at radius 1 is 1.12 bits per heavy atom. The van der Waals surface area contributed by atoms with Gasteiger partial charge in [0, 0.05) is 8.95 Å². The van der Waals surface area contributed by atoms with Crippen molar-refractivity contribution in [1.82, 2.24) is 5.32 Å². The van der Waals surface area contributed by atoms with E-state index in [9.17, 15) is 9.59 Å². The number of rotatable bonds is 1. The lowest BCUT2D eigenvalue weighted by Gasteiger charge is -2.12. The first-order valence-electron chi connectivity index (χ1n) is 4.44. The zero-order chi connectivity index (χ0) is 11.9. The molecule has 1 fully saturated rings. The highest BCUT2D eigenvalue weighted by molar-refractivity contribution is 9.11. The van der Waals surface area contributed by atoms with E-state index in [2.05, 4.69) is 53.1 Å². The zero-order valence-corrected chi connectivity index (χ0v) is 12.6. The van der Waals surface area contributed by atoms with Gasteiger partial charge < -0.3 is 0 Å². The first kappa shape index (κ1) is 12.3. The molecule has 6 heteroatoms. The van der Waals surface area contributed by atoms with Gasteiger partial charge in [0.25, 0.3) is 0 Å². The average molecular weight is 412 g/mol. The van der Waals surface area contributed by atoms with Crippen LogP contribution in [0.1, 0.15) is 11.5 Å². The first-order valence-corrected chi connectivity index (χ1v) is 6.94. The summed E-state index contributed by atoms with van der Waals surface area (Å²) < 4.78 is 1.69. The normalized spacial score (nSPS) is 24.7. The van der Waals surface area contributed by atoms with E-state index in [1.54, 1.807) is 0 Å². The van der Waals surface area contributed by atoms with Crippen LogP contribution in [0.5, 0.6) is 0 Å². The first-order chi connectivity index (χ1) is 7.50. The summed E-state index contributed by atoms with van der Waals surface area (Å²) in [5, 5.41) is 2.30. The van der Waals surface area contributed by atoms with E-state index < -0.39 is 10.7 Å². The molecule has 0 saturated carbocycles. The van der Waals surface area contributed by atoms with Gasteiger partial charge in [-0.1, -0.05) is 47.8 Å². The molecule has 1 aromatic rings. The lowest BCUT2D eigenvalue weighted by Crippen LogP contribution is -2.22. The van der Waals surface area contributed by atoms with Crippen LogP contribution in [0.4, 0.5) is 0 Å². The molecule has 1 aliphatic rings. The van der Waals surface area contributed by atoms with E-state index >= 15 is 0 Å². The quantitative estimate of drug-likeness (QED) is 0.570. The van der Waals surface area contributed by atoms with Gasteiger partial charge in [-0.15, -0.1) is 0 Å². The molecule has 2 unspecified atom stereocenters.